The Morgan fingerprint density at radius 1 is 1.12 bits per heavy atom. The fourth-order valence-electron chi connectivity index (χ4n) is 4.97. The van der Waals surface area contributed by atoms with Gasteiger partial charge in [0.2, 0.25) is 5.91 Å². The van der Waals surface area contributed by atoms with Crippen LogP contribution in [0.2, 0.25) is 0 Å². The third-order valence-electron chi connectivity index (χ3n) is 6.71. The predicted molar refractivity (Wildman–Crippen MR) is 116 cm³/mol. The second kappa shape index (κ2) is 8.35. The number of quaternary nitrogens is 1. The normalized spacial score (nSPS) is 24.9. The molecule has 8 heteroatoms. The van der Waals surface area contributed by atoms with E-state index >= 15 is 0 Å². The van der Waals surface area contributed by atoms with Gasteiger partial charge in [-0.05, 0) is 36.6 Å². The van der Waals surface area contributed by atoms with E-state index in [1.807, 2.05) is 0 Å². The van der Waals surface area contributed by atoms with E-state index in [1.54, 1.807) is 41.3 Å². The predicted octanol–water partition coefficient (Wildman–Crippen LogP) is 1.26. The number of hydrogen-bond acceptors (Lipinski definition) is 3. The van der Waals surface area contributed by atoms with Gasteiger partial charge in [-0.3, -0.25) is 14.4 Å². The number of nitrogens with one attached hydrogen (secondary N) is 2. The topological polar surface area (TPSA) is 95.1 Å². The SMILES string of the molecule is O=C(N[C@H]1CCN2C(=O)c3cc(-c4ccccc4F)ccc3NC(=O)[C@@H]2C1)[C@H]1CCC[NH2+]1. The van der Waals surface area contributed by atoms with Crippen molar-refractivity contribution in [3.8, 4) is 11.1 Å². The maximum Gasteiger partial charge on any atom is 0.278 e. The van der Waals surface area contributed by atoms with Gasteiger partial charge in [-0.15, -0.1) is 0 Å². The Balaban J connectivity index is 1.37. The van der Waals surface area contributed by atoms with Gasteiger partial charge in [0.15, 0.2) is 6.04 Å². The van der Waals surface area contributed by atoms with Crippen molar-refractivity contribution in [2.45, 2.75) is 43.8 Å². The van der Waals surface area contributed by atoms with Crippen LogP contribution in [0.15, 0.2) is 42.5 Å². The Morgan fingerprint density at radius 2 is 1.97 bits per heavy atom. The van der Waals surface area contributed by atoms with Gasteiger partial charge in [0.1, 0.15) is 11.9 Å². The number of rotatable bonds is 3. The molecule has 166 valence electrons. The van der Waals surface area contributed by atoms with Crippen molar-refractivity contribution in [3.05, 3.63) is 53.8 Å². The summed E-state index contributed by atoms with van der Waals surface area (Å²) in [4.78, 5) is 40.4. The highest BCUT2D eigenvalue weighted by Gasteiger charge is 2.41. The Bertz CT molecular complexity index is 1080. The molecule has 32 heavy (non-hydrogen) atoms. The van der Waals surface area contributed by atoms with Gasteiger partial charge < -0.3 is 20.9 Å². The van der Waals surface area contributed by atoms with Crippen molar-refractivity contribution >= 4 is 23.4 Å². The van der Waals surface area contributed by atoms with Gasteiger partial charge in [0.25, 0.3) is 11.8 Å². The average Bonchev–Trinajstić information content (AvgIpc) is 3.31. The molecule has 0 saturated carbocycles. The number of halogens is 1. The van der Waals surface area contributed by atoms with Gasteiger partial charge in [0, 0.05) is 31.0 Å². The minimum atomic E-state index is -0.654. The number of carbonyl (C=O) groups is 3. The van der Waals surface area contributed by atoms with E-state index in [0.29, 0.717) is 41.8 Å². The zero-order valence-corrected chi connectivity index (χ0v) is 17.6. The first-order valence-electron chi connectivity index (χ1n) is 11.2. The third-order valence-corrected chi connectivity index (χ3v) is 6.71. The first-order valence-corrected chi connectivity index (χ1v) is 11.2. The molecular formula is C24H26FN4O3+. The van der Waals surface area contributed by atoms with E-state index in [0.717, 1.165) is 19.4 Å². The quantitative estimate of drug-likeness (QED) is 0.675. The maximum atomic E-state index is 14.3. The summed E-state index contributed by atoms with van der Waals surface area (Å²) in [7, 11) is 0. The van der Waals surface area contributed by atoms with Crippen LogP contribution in [0.3, 0.4) is 0 Å². The Morgan fingerprint density at radius 3 is 2.75 bits per heavy atom. The minimum absolute atomic E-state index is 0.0131. The molecule has 3 heterocycles. The summed E-state index contributed by atoms with van der Waals surface area (Å²) in [6.45, 7) is 1.34. The van der Waals surface area contributed by atoms with E-state index in [2.05, 4.69) is 16.0 Å². The number of piperidine rings is 1. The lowest BCUT2D eigenvalue weighted by molar-refractivity contribution is -0.657. The van der Waals surface area contributed by atoms with Crippen LogP contribution in [0.25, 0.3) is 11.1 Å². The molecule has 0 unspecified atom stereocenters. The molecule has 2 fully saturated rings. The molecule has 0 radical (unpaired) electrons. The molecule has 3 amide bonds. The van der Waals surface area contributed by atoms with Crippen LogP contribution >= 0.6 is 0 Å². The molecule has 3 aliphatic heterocycles. The highest BCUT2D eigenvalue weighted by molar-refractivity contribution is 6.10. The van der Waals surface area contributed by atoms with Crippen LogP contribution in [-0.4, -0.2) is 53.8 Å². The van der Waals surface area contributed by atoms with Crippen LogP contribution in [-0.2, 0) is 9.59 Å². The summed E-state index contributed by atoms with van der Waals surface area (Å²) < 4.78 is 14.3. The summed E-state index contributed by atoms with van der Waals surface area (Å²) in [6.07, 6.45) is 2.87. The van der Waals surface area contributed by atoms with E-state index in [1.165, 1.54) is 6.07 Å². The molecule has 7 nitrogen and oxygen atoms in total. The smallest absolute Gasteiger partial charge is 0.278 e. The van der Waals surface area contributed by atoms with Crippen molar-refractivity contribution in [3.63, 3.8) is 0 Å². The number of carbonyl (C=O) groups excluding carboxylic acids is 3. The van der Waals surface area contributed by atoms with Crippen LogP contribution in [0.5, 0.6) is 0 Å². The second-order valence-corrected chi connectivity index (χ2v) is 8.75. The molecule has 2 aromatic rings. The number of anilines is 1. The van der Waals surface area contributed by atoms with E-state index in [4.69, 9.17) is 0 Å². The standard InChI is InChI=1S/C24H25FN4O3/c25-18-5-2-1-4-16(18)14-7-8-19-17(12-14)24(32)29-11-9-15(13-21(29)23(31)28-19)27-22(30)20-6-3-10-26-20/h1-2,4-5,7-8,12,15,20-21,26H,3,6,9-11,13H2,(H,27,30)(H,28,31)/p+1/t15-,20+,21-/m0/s1. The van der Waals surface area contributed by atoms with Gasteiger partial charge in [0.05, 0.1) is 17.8 Å². The molecule has 3 atom stereocenters. The molecule has 5 rings (SSSR count). The van der Waals surface area contributed by atoms with Crippen LogP contribution in [0.1, 0.15) is 36.0 Å². The molecule has 3 aliphatic rings. The fraction of sp³-hybridized carbons (Fsp3) is 0.375. The molecule has 0 spiro atoms. The number of nitrogens with zero attached hydrogens (tertiary/aromatic N) is 1. The first kappa shape index (κ1) is 20.6. The van der Waals surface area contributed by atoms with Crippen molar-refractivity contribution in [1.82, 2.24) is 10.2 Å². The highest BCUT2D eigenvalue weighted by atomic mass is 19.1. The van der Waals surface area contributed by atoms with Gasteiger partial charge in [-0.1, -0.05) is 24.3 Å². The first-order chi connectivity index (χ1) is 15.5. The lowest BCUT2D eigenvalue weighted by atomic mass is 9.95. The number of nitrogens with two attached hydrogens (primary N) is 1. The Hall–Kier alpha value is -3.26. The van der Waals surface area contributed by atoms with Crippen LogP contribution < -0.4 is 16.0 Å². The van der Waals surface area contributed by atoms with Gasteiger partial charge in [-0.25, -0.2) is 4.39 Å². The summed E-state index contributed by atoms with van der Waals surface area (Å²) >= 11 is 0. The Labute approximate surface area is 185 Å². The molecule has 0 aliphatic carbocycles. The lowest BCUT2D eigenvalue weighted by Crippen LogP contribution is -2.89. The van der Waals surface area contributed by atoms with Gasteiger partial charge >= 0.3 is 0 Å². The molecule has 2 saturated heterocycles. The zero-order valence-electron chi connectivity index (χ0n) is 17.6. The minimum Gasteiger partial charge on any atom is -0.348 e. The number of benzene rings is 2. The van der Waals surface area contributed by atoms with E-state index in [9.17, 15) is 18.8 Å². The van der Waals surface area contributed by atoms with Crippen LogP contribution in [0, 0.1) is 5.82 Å². The fourth-order valence-corrected chi connectivity index (χ4v) is 4.97. The summed E-state index contributed by atoms with van der Waals surface area (Å²) in [6, 6.07) is 10.5. The Kier molecular flexibility index (Phi) is 5.38. The molecule has 4 N–H and O–H groups in total. The van der Waals surface area contributed by atoms with Crippen molar-refractivity contribution in [2.24, 2.45) is 0 Å². The molecule has 2 aromatic carbocycles. The van der Waals surface area contributed by atoms with Crippen LogP contribution in [0.4, 0.5) is 10.1 Å². The highest BCUT2D eigenvalue weighted by Crippen LogP contribution is 2.32. The number of amides is 3. The molecular weight excluding hydrogens is 411 g/mol. The summed E-state index contributed by atoms with van der Waals surface area (Å²) in [5, 5.41) is 7.99. The number of fused-ring (bicyclic) bond motifs is 2. The molecule has 0 bridgehead atoms. The maximum absolute atomic E-state index is 14.3. The zero-order chi connectivity index (χ0) is 22.2. The van der Waals surface area contributed by atoms with E-state index < -0.39 is 6.04 Å². The van der Waals surface area contributed by atoms with Crippen molar-refractivity contribution in [2.75, 3.05) is 18.4 Å². The van der Waals surface area contributed by atoms with Crippen molar-refractivity contribution < 1.29 is 24.1 Å². The number of hydrogen-bond donors (Lipinski definition) is 3. The largest absolute Gasteiger partial charge is 0.348 e. The lowest BCUT2D eigenvalue weighted by Gasteiger charge is -2.37. The van der Waals surface area contributed by atoms with Crippen molar-refractivity contribution in [1.29, 1.82) is 0 Å². The second-order valence-electron chi connectivity index (χ2n) is 8.75. The average molecular weight is 437 g/mol. The summed E-state index contributed by atoms with van der Waals surface area (Å²) in [5.41, 5.74) is 1.76. The van der Waals surface area contributed by atoms with E-state index in [-0.39, 0.29) is 35.6 Å². The molecule has 0 aromatic heterocycles. The summed E-state index contributed by atoms with van der Waals surface area (Å²) in [5.74, 6) is -0.872. The monoisotopic (exact) mass is 437 g/mol. The third kappa shape index (κ3) is 3.75. The van der Waals surface area contributed by atoms with Gasteiger partial charge in [-0.2, -0.15) is 0 Å².